The number of rotatable bonds is 6. The van der Waals surface area contributed by atoms with Crippen LogP contribution in [0.4, 0.5) is 65.9 Å². The van der Waals surface area contributed by atoms with Gasteiger partial charge in [0.15, 0.2) is 0 Å². The van der Waals surface area contributed by atoms with Crippen LogP contribution in [0.2, 0.25) is 0 Å². The van der Waals surface area contributed by atoms with Gasteiger partial charge in [0, 0.05) is 22.6 Å². The molecule has 0 aromatic heterocycles. The van der Waals surface area contributed by atoms with Crippen molar-refractivity contribution >= 4 is 26.4 Å². The van der Waals surface area contributed by atoms with E-state index in [-0.39, 0.29) is 22.6 Å². The Labute approximate surface area is 139 Å². The fourth-order valence-electron chi connectivity index (χ4n) is 1.09. The smallest absolute Gasteiger partial charge is 0.281 e. The fraction of sp³-hybridized carbons (Fsp3) is 0.875. The molecule has 0 bridgehead atoms. The van der Waals surface area contributed by atoms with Gasteiger partial charge in [0.2, 0.25) is 0 Å². The van der Waals surface area contributed by atoms with E-state index in [4.69, 9.17) is 0 Å². The average molecular weight is 524 g/mol. The largest absolute Gasteiger partial charge is 0.460 e. The summed E-state index contributed by atoms with van der Waals surface area (Å²) in [6, 6.07) is 0. The van der Waals surface area contributed by atoms with Gasteiger partial charge < -0.3 is 0 Å². The number of hydrogen-bond acceptors (Lipinski definition) is 1. The van der Waals surface area contributed by atoms with Crippen molar-refractivity contribution < 1.29 is 70.7 Å². The highest BCUT2D eigenvalue weighted by molar-refractivity contribution is 14.1. The zero-order valence-corrected chi connectivity index (χ0v) is 12.6. The maximum atomic E-state index is 12.9. The lowest BCUT2D eigenvalue weighted by atomic mass is 9.91. The summed E-state index contributed by atoms with van der Waals surface area (Å²) in [5.41, 5.74) is 0. The summed E-state index contributed by atoms with van der Waals surface area (Å²) in [5, 5.41) is 0. The van der Waals surface area contributed by atoms with Crippen molar-refractivity contribution in [2.45, 2.75) is 41.7 Å². The Bertz CT molecular complexity index is 532. The summed E-state index contributed by atoms with van der Waals surface area (Å²) < 4.78 is 185. The number of alkyl halides is 15. The maximum Gasteiger partial charge on any atom is 0.460 e. The van der Waals surface area contributed by atoms with Gasteiger partial charge in [0.1, 0.15) is 0 Å². The van der Waals surface area contributed by atoms with E-state index in [2.05, 4.69) is 0 Å². The molecule has 1 nitrogen and oxygen atoms in total. The Morgan fingerprint density at radius 3 is 0.960 bits per heavy atom. The first kappa shape index (κ1) is 24.4. The molecule has 0 N–H and O–H groups in total. The Hall–Kier alpha value is -0.650. The van der Waals surface area contributed by atoms with Crippen LogP contribution in [0.5, 0.6) is 0 Å². The van der Waals surface area contributed by atoms with Crippen LogP contribution in [0.3, 0.4) is 0 Å². The lowest BCUT2D eigenvalue weighted by Crippen LogP contribution is -2.73. The summed E-state index contributed by atoms with van der Waals surface area (Å²) >= 11 is -0.334. The molecule has 0 fully saturated rings. The molecule has 0 aliphatic carbocycles. The summed E-state index contributed by atoms with van der Waals surface area (Å²) in [6.45, 7) is 0. The van der Waals surface area contributed by atoms with Crippen LogP contribution in [-0.4, -0.2) is 45.5 Å². The molecule has 0 aliphatic heterocycles. The van der Waals surface area contributed by atoms with E-state index in [0.29, 0.717) is 0 Å². The standard InChI is InChI=1S/C8F15IO/c9-2(10,1(24)25)3(11,12)4(13,14)5(15,16)6(17,18)7(19,20)8(21,22)23. The van der Waals surface area contributed by atoms with Crippen molar-refractivity contribution in [2.24, 2.45) is 0 Å². The van der Waals surface area contributed by atoms with Gasteiger partial charge in [-0.05, 0) is 0 Å². The van der Waals surface area contributed by atoms with E-state index in [1.165, 1.54) is 0 Å². The van der Waals surface area contributed by atoms with Crippen molar-refractivity contribution in [2.75, 3.05) is 0 Å². The fourth-order valence-corrected chi connectivity index (χ4v) is 1.43. The molecule has 0 saturated carbocycles. The topological polar surface area (TPSA) is 17.1 Å². The van der Waals surface area contributed by atoms with E-state index in [1.54, 1.807) is 0 Å². The number of carbonyl (C=O) groups is 1. The molecule has 0 atom stereocenters. The minimum absolute atomic E-state index is 0.334. The molecule has 0 aromatic carbocycles. The third-order valence-electron chi connectivity index (χ3n) is 2.57. The van der Waals surface area contributed by atoms with Crippen LogP contribution in [0.15, 0.2) is 0 Å². The lowest BCUT2D eigenvalue weighted by molar-refractivity contribution is -0.449. The van der Waals surface area contributed by atoms with Crippen molar-refractivity contribution in [3.63, 3.8) is 0 Å². The monoisotopic (exact) mass is 524 g/mol. The summed E-state index contributed by atoms with van der Waals surface area (Å²) in [4.78, 5) is 10.2. The second-order valence-corrected chi connectivity index (χ2v) is 5.20. The van der Waals surface area contributed by atoms with Crippen LogP contribution in [0.25, 0.3) is 0 Å². The van der Waals surface area contributed by atoms with Crippen LogP contribution in [0.1, 0.15) is 0 Å². The molecule has 0 rings (SSSR count). The summed E-state index contributed by atoms with van der Waals surface area (Å²) in [7, 11) is 0. The van der Waals surface area contributed by atoms with Gasteiger partial charge in [-0.3, -0.25) is 4.79 Å². The minimum Gasteiger partial charge on any atom is -0.281 e. The number of carbonyl (C=O) groups excluding carboxylic acids is 1. The van der Waals surface area contributed by atoms with Gasteiger partial charge in [-0.15, -0.1) is 0 Å². The highest BCUT2D eigenvalue weighted by Crippen LogP contribution is 2.62. The van der Waals surface area contributed by atoms with Crippen molar-refractivity contribution in [1.82, 2.24) is 0 Å². The molecule has 0 radical (unpaired) electrons. The first-order chi connectivity index (χ1) is 10.4. The number of halogens is 16. The summed E-state index contributed by atoms with van der Waals surface area (Å²) in [6.07, 6.45) is -7.65. The molecule has 150 valence electrons. The van der Waals surface area contributed by atoms with E-state index in [0.717, 1.165) is 0 Å². The molecular formula is C8F15IO. The number of hydrogen-bond donors (Lipinski definition) is 0. The van der Waals surface area contributed by atoms with Crippen LogP contribution < -0.4 is 0 Å². The Balaban J connectivity index is 6.55. The maximum absolute atomic E-state index is 12.9. The molecule has 25 heavy (non-hydrogen) atoms. The van der Waals surface area contributed by atoms with Gasteiger partial charge in [0.05, 0.1) is 0 Å². The van der Waals surface area contributed by atoms with E-state index in [1.807, 2.05) is 0 Å². The molecule has 0 heterocycles. The van der Waals surface area contributed by atoms with E-state index >= 15 is 0 Å². The van der Waals surface area contributed by atoms with E-state index in [9.17, 15) is 70.7 Å². The van der Waals surface area contributed by atoms with Gasteiger partial charge in [-0.2, -0.15) is 65.9 Å². The lowest BCUT2D eigenvalue weighted by Gasteiger charge is -2.40. The second-order valence-electron chi connectivity index (χ2n) is 4.22. The molecule has 0 amide bonds. The van der Waals surface area contributed by atoms with Crippen molar-refractivity contribution in [1.29, 1.82) is 0 Å². The van der Waals surface area contributed by atoms with Gasteiger partial charge in [-0.25, -0.2) is 0 Å². The van der Waals surface area contributed by atoms with Crippen molar-refractivity contribution in [3.8, 4) is 0 Å². The third kappa shape index (κ3) is 3.02. The SMILES string of the molecule is O=C(I)C(F)(F)C(F)(F)C(F)(F)C(F)(F)C(F)(F)C(F)(F)C(F)(F)F. The zero-order valence-electron chi connectivity index (χ0n) is 10.5. The summed E-state index contributed by atoms with van der Waals surface area (Å²) in [5.74, 6) is -47.5. The van der Waals surface area contributed by atoms with Gasteiger partial charge in [-0.1, -0.05) is 0 Å². The predicted octanol–water partition coefficient (Wildman–Crippen LogP) is 5.32. The predicted molar refractivity (Wildman–Crippen MR) is 54.8 cm³/mol. The van der Waals surface area contributed by atoms with Gasteiger partial charge >= 0.3 is 41.7 Å². The normalized spacial score (nSPS) is 16.2. The Morgan fingerprint density at radius 2 is 0.720 bits per heavy atom. The molecule has 0 aromatic rings. The third-order valence-corrected chi connectivity index (χ3v) is 3.25. The van der Waals surface area contributed by atoms with Crippen LogP contribution >= 0.6 is 22.6 Å². The van der Waals surface area contributed by atoms with Crippen LogP contribution in [0, 0.1) is 0 Å². The first-order valence-corrected chi connectivity index (χ1v) is 6.06. The van der Waals surface area contributed by atoms with Gasteiger partial charge in [0.25, 0.3) is 3.79 Å². The van der Waals surface area contributed by atoms with Crippen LogP contribution in [-0.2, 0) is 4.79 Å². The highest BCUT2D eigenvalue weighted by atomic mass is 127. The quantitative estimate of drug-likeness (QED) is 0.262. The highest BCUT2D eigenvalue weighted by Gasteiger charge is 2.93. The molecule has 0 saturated heterocycles. The second kappa shape index (κ2) is 5.93. The van der Waals surface area contributed by atoms with Crippen molar-refractivity contribution in [3.05, 3.63) is 0 Å². The molecule has 0 spiro atoms. The molecule has 0 unspecified atom stereocenters. The Kier molecular flexibility index (Phi) is 5.78. The first-order valence-electron chi connectivity index (χ1n) is 4.98. The average Bonchev–Trinajstić information content (AvgIpc) is 2.35. The molecular weight excluding hydrogens is 524 g/mol. The molecule has 17 heteroatoms. The Morgan fingerprint density at radius 1 is 0.480 bits per heavy atom. The minimum atomic E-state index is -8.36. The molecule has 0 aliphatic rings. The van der Waals surface area contributed by atoms with E-state index < -0.39 is 45.5 Å². The zero-order chi connectivity index (χ0) is 21.1.